The molecule has 2 aromatic carbocycles. The molecule has 26 heavy (non-hydrogen) atoms. The Labute approximate surface area is 163 Å². The third kappa shape index (κ3) is 5.75. The Balaban J connectivity index is 1.90. The Morgan fingerprint density at radius 2 is 1.69 bits per heavy atom. The summed E-state index contributed by atoms with van der Waals surface area (Å²) in [6, 6.07) is 14.3. The van der Waals surface area contributed by atoms with E-state index in [0.29, 0.717) is 10.0 Å². The van der Waals surface area contributed by atoms with Crippen LogP contribution in [0.1, 0.15) is 30.9 Å². The predicted octanol–water partition coefficient (Wildman–Crippen LogP) is 4.59. The highest BCUT2D eigenvalue weighted by atomic mass is 35.5. The molecular weight excluding hydrogens is 373 g/mol. The first kappa shape index (κ1) is 20.3. The molecule has 0 saturated heterocycles. The Morgan fingerprint density at radius 1 is 1.04 bits per heavy atom. The van der Waals surface area contributed by atoms with Gasteiger partial charge in [0.1, 0.15) is 0 Å². The average Bonchev–Trinajstić information content (AvgIpc) is 2.61. The molecule has 1 amide bonds. The van der Waals surface area contributed by atoms with E-state index in [1.165, 1.54) is 0 Å². The first-order valence-electron chi connectivity index (χ1n) is 8.30. The second-order valence-corrected chi connectivity index (χ2v) is 7.09. The van der Waals surface area contributed by atoms with Crippen molar-refractivity contribution < 1.29 is 14.3 Å². The van der Waals surface area contributed by atoms with Gasteiger partial charge in [-0.1, -0.05) is 67.4 Å². The molecule has 0 bridgehead atoms. The fourth-order valence-electron chi connectivity index (χ4n) is 2.58. The Bertz CT molecular complexity index is 760. The molecule has 0 unspecified atom stereocenters. The molecule has 0 aliphatic carbocycles. The summed E-state index contributed by atoms with van der Waals surface area (Å²) < 4.78 is 5.21. The van der Waals surface area contributed by atoms with Gasteiger partial charge in [0.25, 0.3) is 5.91 Å². The van der Waals surface area contributed by atoms with Crippen molar-refractivity contribution in [1.82, 2.24) is 5.32 Å². The van der Waals surface area contributed by atoms with E-state index in [1.807, 2.05) is 32.0 Å². The van der Waals surface area contributed by atoms with Crippen molar-refractivity contribution in [2.75, 3.05) is 6.61 Å². The summed E-state index contributed by atoms with van der Waals surface area (Å²) in [7, 11) is 0. The van der Waals surface area contributed by atoms with Crippen LogP contribution in [-0.4, -0.2) is 18.5 Å². The van der Waals surface area contributed by atoms with Gasteiger partial charge in [-0.05, 0) is 35.2 Å². The van der Waals surface area contributed by atoms with E-state index in [0.717, 1.165) is 11.1 Å². The lowest BCUT2D eigenvalue weighted by molar-refractivity contribution is -0.151. The quantitative estimate of drug-likeness (QED) is 0.699. The molecule has 4 nitrogen and oxygen atoms in total. The van der Waals surface area contributed by atoms with Crippen molar-refractivity contribution >= 4 is 35.1 Å². The van der Waals surface area contributed by atoms with Crippen molar-refractivity contribution in [3.8, 4) is 0 Å². The van der Waals surface area contributed by atoms with E-state index in [2.05, 4.69) is 5.32 Å². The second kappa shape index (κ2) is 9.60. The van der Waals surface area contributed by atoms with Crippen LogP contribution in [0.4, 0.5) is 0 Å². The molecule has 0 aliphatic rings. The molecule has 0 heterocycles. The third-order valence-corrected chi connectivity index (χ3v) is 4.55. The van der Waals surface area contributed by atoms with Gasteiger partial charge in [0.2, 0.25) is 0 Å². The largest absolute Gasteiger partial charge is 0.455 e. The maximum Gasteiger partial charge on any atom is 0.314 e. The number of carbonyl (C=O) groups excluding carboxylic acids is 2. The van der Waals surface area contributed by atoms with Crippen LogP contribution in [0, 0.1) is 5.92 Å². The first-order chi connectivity index (χ1) is 12.4. The van der Waals surface area contributed by atoms with Gasteiger partial charge in [-0.2, -0.15) is 0 Å². The summed E-state index contributed by atoms with van der Waals surface area (Å²) in [6.07, 6.45) is 0. The average molecular weight is 394 g/mol. The minimum Gasteiger partial charge on any atom is -0.455 e. The van der Waals surface area contributed by atoms with Crippen LogP contribution in [0.2, 0.25) is 10.0 Å². The van der Waals surface area contributed by atoms with Gasteiger partial charge in [-0.25, -0.2) is 0 Å². The van der Waals surface area contributed by atoms with Crippen LogP contribution >= 0.6 is 23.2 Å². The smallest absolute Gasteiger partial charge is 0.314 e. The molecule has 0 fully saturated rings. The SMILES string of the molecule is CC(C)[C@H](C(=O)OCC(=O)NCc1ccccc1Cl)c1ccc(Cl)cc1. The number of ether oxygens (including phenoxy) is 1. The summed E-state index contributed by atoms with van der Waals surface area (Å²) in [5, 5.41) is 3.87. The lowest BCUT2D eigenvalue weighted by atomic mass is 9.88. The molecule has 0 aliphatic heterocycles. The van der Waals surface area contributed by atoms with E-state index < -0.39 is 11.9 Å². The molecule has 1 atom stereocenters. The molecule has 6 heteroatoms. The number of hydrogen-bond donors (Lipinski definition) is 1. The number of benzene rings is 2. The highest BCUT2D eigenvalue weighted by molar-refractivity contribution is 6.31. The zero-order valence-electron chi connectivity index (χ0n) is 14.7. The van der Waals surface area contributed by atoms with Crippen molar-refractivity contribution in [2.45, 2.75) is 26.3 Å². The molecule has 2 rings (SSSR count). The lowest BCUT2D eigenvalue weighted by Crippen LogP contribution is -2.30. The van der Waals surface area contributed by atoms with Crippen molar-refractivity contribution in [2.24, 2.45) is 5.92 Å². The maximum absolute atomic E-state index is 12.4. The van der Waals surface area contributed by atoms with E-state index in [9.17, 15) is 9.59 Å². The molecule has 0 aromatic heterocycles. The van der Waals surface area contributed by atoms with Gasteiger partial charge in [-0.3, -0.25) is 9.59 Å². The molecule has 1 N–H and O–H groups in total. The van der Waals surface area contributed by atoms with Crippen molar-refractivity contribution in [1.29, 1.82) is 0 Å². The first-order valence-corrected chi connectivity index (χ1v) is 9.06. The molecule has 0 saturated carbocycles. The second-order valence-electron chi connectivity index (χ2n) is 6.25. The summed E-state index contributed by atoms with van der Waals surface area (Å²) in [5.41, 5.74) is 1.61. The number of amides is 1. The molecule has 2 aromatic rings. The zero-order valence-corrected chi connectivity index (χ0v) is 16.2. The van der Waals surface area contributed by atoms with Gasteiger partial charge in [0, 0.05) is 16.6 Å². The summed E-state index contributed by atoms with van der Waals surface area (Å²) >= 11 is 11.9. The molecule has 138 valence electrons. The van der Waals surface area contributed by atoms with Crippen molar-refractivity contribution in [3.05, 3.63) is 69.7 Å². The van der Waals surface area contributed by atoms with Gasteiger partial charge >= 0.3 is 5.97 Å². The monoisotopic (exact) mass is 393 g/mol. The van der Waals surface area contributed by atoms with E-state index >= 15 is 0 Å². The van der Waals surface area contributed by atoms with Crippen LogP contribution in [0.15, 0.2) is 48.5 Å². The van der Waals surface area contributed by atoms with Crippen LogP contribution < -0.4 is 5.32 Å². The molecule has 0 spiro atoms. The maximum atomic E-state index is 12.4. The number of nitrogens with one attached hydrogen (secondary N) is 1. The fraction of sp³-hybridized carbons (Fsp3) is 0.300. The van der Waals surface area contributed by atoms with Gasteiger partial charge in [0.15, 0.2) is 6.61 Å². The number of hydrogen-bond acceptors (Lipinski definition) is 3. The third-order valence-electron chi connectivity index (χ3n) is 3.93. The zero-order chi connectivity index (χ0) is 19.1. The molecular formula is C20H21Cl2NO3. The lowest BCUT2D eigenvalue weighted by Gasteiger charge is -2.20. The Kier molecular flexibility index (Phi) is 7.49. The van der Waals surface area contributed by atoms with Crippen LogP contribution in [0.25, 0.3) is 0 Å². The minimum absolute atomic E-state index is 0.0230. The molecule has 0 radical (unpaired) electrons. The van der Waals surface area contributed by atoms with Crippen LogP contribution in [0.5, 0.6) is 0 Å². The number of esters is 1. The standard InChI is InChI=1S/C20H21Cl2NO3/c1-13(2)19(14-7-9-16(21)10-8-14)20(25)26-12-18(24)23-11-15-5-3-4-6-17(15)22/h3-10,13,19H,11-12H2,1-2H3,(H,23,24)/t19-/m0/s1. The Morgan fingerprint density at radius 3 is 2.31 bits per heavy atom. The number of halogens is 2. The van der Waals surface area contributed by atoms with Gasteiger partial charge < -0.3 is 10.1 Å². The topological polar surface area (TPSA) is 55.4 Å². The minimum atomic E-state index is -0.455. The van der Waals surface area contributed by atoms with Gasteiger partial charge in [0.05, 0.1) is 5.92 Å². The van der Waals surface area contributed by atoms with E-state index in [-0.39, 0.29) is 25.0 Å². The van der Waals surface area contributed by atoms with E-state index in [1.54, 1.807) is 30.3 Å². The van der Waals surface area contributed by atoms with Gasteiger partial charge in [-0.15, -0.1) is 0 Å². The number of rotatable bonds is 7. The van der Waals surface area contributed by atoms with Crippen molar-refractivity contribution in [3.63, 3.8) is 0 Å². The predicted molar refractivity (Wildman–Crippen MR) is 103 cm³/mol. The highest BCUT2D eigenvalue weighted by Crippen LogP contribution is 2.27. The summed E-state index contributed by atoms with van der Waals surface area (Å²) in [6.45, 7) is 3.80. The van der Waals surface area contributed by atoms with Crippen LogP contribution in [-0.2, 0) is 20.9 Å². The van der Waals surface area contributed by atoms with E-state index in [4.69, 9.17) is 27.9 Å². The summed E-state index contributed by atoms with van der Waals surface area (Å²) in [5.74, 6) is -1.24. The fourth-order valence-corrected chi connectivity index (χ4v) is 2.90. The Hall–Kier alpha value is -2.04. The normalized spacial score (nSPS) is 11.9. The highest BCUT2D eigenvalue weighted by Gasteiger charge is 2.26. The number of carbonyl (C=O) groups is 2. The summed E-state index contributed by atoms with van der Waals surface area (Å²) in [4.78, 5) is 24.4. The van der Waals surface area contributed by atoms with Crippen LogP contribution in [0.3, 0.4) is 0 Å².